The van der Waals surface area contributed by atoms with Crippen molar-refractivity contribution in [3.63, 3.8) is 0 Å². The Balaban J connectivity index is 2.20. The summed E-state index contributed by atoms with van der Waals surface area (Å²) >= 11 is 0. The molecule has 1 saturated heterocycles. The van der Waals surface area contributed by atoms with E-state index in [9.17, 15) is 0 Å². The highest BCUT2D eigenvalue weighted by atomic mass is 16.5. The predicted octanol–water partition coefficient (Wildman–Crippen LogP) is -0.477. The maximum atomic E-state index is 8.77. The first-order valence-electron chi connectivity index (χ1n) is 4.25. The Labute approximate surface area is 77.1 Å². The van der Waals surface area contributed by atoms with Crippen LogP contribution in [0.15, 0.2) is 12.3 Å². The number of rotatable bonds is 4. The highest BCUT2D eigenvalue weighted by Crippen LogP contribution is 2.16. The lowest BCUT2D eigenvalue weighted by Crippen LogP contribution is -2.25. The van der Waals surface area contributed by atoms with E-state index in [2.05, 4.69) is 5.32 Å². The smallest absolute Gasteiger partial charge is 0.127 e. The summed E-state index contributed by atoms with van der Waals surface area (Å²) in [5.74, 6) is 0.00389. The van der Waals surface area contributed by atoms with Gasteiger partial charge in [0.15, 0.2) is 0 Å². The van der Waals surface area contributed by atoms with Gasteiger partial charge in [0.25, 0.3) is 0 Å². The molecule has 13 heavy (non-hydrogen) atoms. The summed E-state index contributed by atoms with van der Waals surface area (Å²) < 4.78 is 5.37. The molecule has 0 aromatic heterocycles. The summed E-state index contributed by atoms with van der Waals surface area (Å²) in [5.41, 5.74) is 5.11. The minimum Gasteiger partial charge on any atom is -0.394 e. The monoisotopic (exact) mass is 185 g/mol. The van der Waals surface area contributed by atoms with E-state index in [1.807, 2.05) is 0 Å². The molecule has 0 saturated carbocycles. The Bertz CT molecular complexity index is 206. The van der Waals surface area contributed by atoms with E-state index in [0.29, 0.717) is 0 Å². The molecular weight excluding hydrogens is 170 g/mol. The predicted molar refractivity (Wildman–Crippen MR) is 49.2 cm³/mol. The van der Waals surface area contributed by atoms with E-state index < -0.39 is 0 Å². The Morgan fingerprint density at radius 1 is 1.69 bits per heavy atom. The van der Waals surface area contributed by atoms with Crippen LogP contribution >= 0.6 is 0 Å². The molecule has 1 heterocycles. The fourth-order valence-corrected chi connectivity index (χ4v) is 1.21. The van der Waals surface area contributed by atoms with Gasteiger partial charge in [-0.25, -0.2) is 0 Å². The van der Waals surface area contributed by atoms with Crippen LogP contribution in [0.3, 0.4) is 0 Å². The lowest BCUT2D eigenvalue weighted by atomic mass is 10.2. The molecule has 74 valence electrons. The molecule has 5 nitrogen and oxygen atoms in total. The third kappa shape index (κ3) is 3.43. The topological polar surface area (TPSA) is 91.4 Å². The average molecular weight is 185 g/mol. The van der Waals surface area contributed by atoms with Gasteiger partial charge >= 0.3 is 0 Å². The second-order valence-corrected chi connectivity index (χ2v) is 2.96. The van der Waals surface area contributed by atoms with Crippen LogP contribution in [-0.2, 0) is 4.74 Å². The van der Waals surface area contributed by atoms with Crippen LogP contribution in [0.25, 0.3) is 0 Å². The highest BCUT2D eigenvalue weighted by molar-refractivity contribution is 5.88. The van der Waals surface area contributed by atoms with Crippen molar-refractivity contribution < 1.29 is 9.84 Å². The van der Waals surface area contributed by atoms with Crippen molar-refractivity contribution >= 4 is 5.84 Å². The van der Waals surface area contributed by atoms with Gasteiger partial charge in [0.1, 0.15) is 12.1 Å². The van der Waals surface area contributed by atoms with Gasteiger partial charge < -0.3 is 20.9 Å². The molecule has 0 amide bonds. The third-order valence-electron chi connectivity index (χ3n) is 1.86. The van der Waals surface area contributed by atoms with Crippen LogP contribution < -0.4 is 11.1 Å². The largest absolute Gasteiger partial charge is 0.394 e. The van der Waals surface area contributed by atoms with Crippen molar-refractivity contribution in [3.05, 3.63) is 12.3 Å². The number of aliphatic hydroxyl groups excluding tert-OH is 1. The van der Waals surface area contributed by atoms with Gasteiger partial charge in [-0.05, 0) is 18.9 Å². The Kier molecular flexibility index (Phi) is 3.72. The molecule has 5 heteroatoms. The maximum absolute atomic E-state index is 8.77. The molecule has 0 radical (unpaired) electrons. The van der Waals surface area contributed by atoms with E-state index in [1.165, 1.54) is 6.08 Å². The molecule has 0 aromatic rings. The molecule has 0 aliphatic carbocycles. The van der Waals surface area contributed by atoms with Crippen molar-refractivity contribution in [1.82, 2.24) is 5.32 Å². The summed E-state index contributed by atoms with van der Waals surface area (Å²) in [4.78, 5) is 0. The SMILES string of the molecule is N=C(N)/C=C\N[C@H]1CC[C@@H](CO)O1. The van der Waals surface area contributed by atoms with Gasteiger partial charge in [0.2, 0.25) is 0 Å². The van der Waals surface area contributed by atoms with Crippen LogP contribution in [0.4, 0.5) is 0 Å². The molecule has 2 atom stereocenters. The molecule has 0 spiro atoms. The average Bonchev–Trinajstić information content (AvgIpc) is 2.52. The lowest BCUT2D eigenvalue weighted by Gasteiger charge is -2.11. The molecule has 0 aromatic carbocycles. The molecule has 0 unspecified atom stereocenters. The van der Waals surface area contributed by atoms with Crippen molar-refractivity contribution in [2.24, 2.45) is 5.73 Å². The zero-order chi connectivity index (χ0) is 9.68. The van der Waals surface area contributed by atoms with Crippen LogP contribution in [0.5, 0.6) is 0 Å². The van der Waals surface area contributed by atoms with E-state index >= 15 is 0 Å². The second kappa shape index (κ2) is 4.84. The molecule has 0 bridgehead atoms. The van der Waals surface area contributed by atoms with E-state index in [0.717, 1.165) is 12.8 Å². The van der Waals surface area contributed by atoms with Crippen molar-refractivity contribution in [3.8, 4) is 0 Å². The zero-order valence-corrected chi connectivity index (χ0v) is 7.36. The lowest BCUT2D eigenvalue weighted by molar-refractivity contribution is 0.00320. The normalized spacial score (nSPS) is 28.1. The van der Waals surface area contributed by atoms with E-state index in [4.69, 9.17) is 21.0 Å². The molecule has 1 aliphatic heterocycles. The van der Waals surface area contributed by atoms with Crippen LogP contribution in [0, 0.1) is 5.41 Å². The Hall–Kier alpha value is -1.07. The first kappa shape index (κ1) is 10.0. The Morgan fingerprint density at radius 2 is 2.46 bits per heavy atom. The van der Waals surface area contributed by atoms with Gasteiger partial charge in [-0.15, -0.1) is 0 Å². The third-order valence-corrected chi connectivity index (χ3v) is 1.86. The number of nitrogens with two attached hydrogens (primary N) is 1. The van der Waals surface area contributed by atoms with Crippen LogP contribution in [0.2, 0.25) is 0 Å². The zero-order valence-electron chi connectivity index (χ0n) is 7.36. The van der Waals surface area contributed by atoms with Crippen molar-refractivity contribution in [1.29, 1.82) is 5.41 Å². The highest BCUT2D eigenvalue weighted by Gasteiger charge is 2.22. The quantitative estimate of drug-likeness (QED) is 0.352. The summed E-state index contributed by atoms with van der Waals surface area (Å²) in [6, 6.07) is 0. The Morgan fingerprint density at radius 3 is 3.00 bits per heavy atom. The summed E-state index contributed by atoms with van der Waals surface area (Å²) in [6.45, 7) is 0.0641. The summed E-state index contributed by atoms with van der Waals surface area (Å²) in [7, 11) is 0. The molecule has 1 fully saturated rings. The molecular formula is C8H15N3O2. The van der Waals surface area contributed by atoms with Gasteiger partial charge in [0.05, 0.1) is 12.7 Å². The standard InChI is InChI=1S/C8H15N3O2/c9-7(10)3-4-11-8-2-1-6(5-12)13-8/h3-4,6,8,11-12H,1-2,5H2,(H3,9,10)/b4-3-/t6-,8+/m0/s1. The van der Waals surface area contributed by atoms with E-state index in [1.54, 1.807) is 6.20 Å². The van der Waals surface area contributed by atoms with Gasteiger partial charge in [-0.2, -0.15) is 0 Å². The van der Waals surface area contributed by atoms with Crippen molar-refractivity contribution in [2.75, 3.05) is 6.61 Å². The number of hydrogen-bond donors (Lipinski definition) is 4. The fraction of sp³-hybridized carbons (Fsp3) is 0.625. The second-order valence-electron chi connectivity index (χ2n) is 2.96. The van der Waals surface area contributed by atoms with E-state index in [-0.39, 0.29) is 24.8 Å². The molecule has 1 aliphatic rings. The minimum atomic E-state index is -0.0623. The number of nitrogens with one attached hydrogen (secondary N) is 2. The van der Waals surface area contributed by atoms with Crippen LogP contribution in [0.1, 0.15) is 12.8 Å². The number of hydrogen-bond acceptors (Lipinski definition) is 4. The molecule has 1 rings (SSSR count). The first-order chi connectivity index (χ1) is 6.22. The number of aliphatic hydroxyl groups is 1. The maximum Gasteiger partial charge on any atom is 0.127 e. The summed E-state index contributed by atoms with van der Waals surface area (Å²) in [5, 5.41) is 18.6. The van der Waals surface area contributed by atoms with Gasteiger partial charge in [-0.3, -0.25) is 5.41 Å². The van der Waals surface area contributed by atoms with Gasteiger partial charge in [-0.1, -0.05) is 0 Å². The minimum absolute atomic E-state index is 0.00389. The van der Waals surface area contributed by atoms with Crippen molar-refractivity contribution in [2.45, 2.75) is 25.2 Å². The van der Waals surface area contributed by atoms with Crippen LogP contribution in [-0.4, -0.2) is 29.9 Å². The number of amidine groups is 1. The molecule has 5 N–H and O–H groups in total. The van der Waals surface area contributed by atoms with Gasteiger partial charge in [0, 0.05) is 6.20 Å². The fourth-order valence-electron chi connectivity index (χ4n) is 1.21. The first-order valence-corrected chi connectivity index (χ1v) is 4.25. The summed E-state index contributed by atoms with van der Waals surface area (Å²) in [6.07, 6.45) is 4.66. The number of ether oxygens (including phenoxy) is 1.